The minimum absolute atomic E-state index is 0.00857. The molecule has 1 spiro atoms. The van der Waals surface area contributed by atoms with Crippen LogP contribution in [0.4, 0.5) is 20.2 Å². The van der Waals surface area contributed by atoms with Gasteiger partial charge in [-0.15, -0.1) is 0 Å². The van der Waals surface area contributed by atoms with Crippen LogP contribution in [0.3, 0.4) is 0 Å². The van der Waals surface area contributed by atoms with Crippen LogP contribution in [0.5, 0.6) is 5.75 Å². The molecule has 2 aliphatic heterocycles. The zero-order chi connectivity index (χ0) is 18.2. The van der Waals surface area contributed by atoms with Crippen LogP contribution < -0.4 is 15.0 Å². The van der Waals surface area contributed by atoms with Gasteiger partial charge in [0.25, 0.3) is 17.7 Å². The second kappa shape index (κ2) is 4.66. The summed E-state index contributed by atoms with van der Waals surface area (Å²) in [7, 11) is 0. The Kier molecular flexibility index (Phi) is 2.69. The second-order valence-electron chi connectivity index (χ2n) is 6.49. The van der Waals surface area contributed by atoms with Gasteiger partial charge in [-0.25, -0.2) is 13.7 Å². The molecule has 2 aromatic carbocycles. The summed E-state index contributed by atoms with van der Waals surface area (Å²) < 4.78 is 33.6. The van der Waals surface area contributed by atoms with E-state index in [0.29, 0.717) is 17.7 Å². The van der Waals surface area contributed by atoms with Crippen LogP contribution in [0.2, 0.25) is 0 Å². The number of imide groups is 1. The molecule has 0 bridgehead atoms. The highest BCUT2D eigenvalue weighted by atomic mass is 19.1. The maximum absolute atomic E-state index is 14.6. The molecule has 0 aromatic heterocycles. The molecule has 1 N–H and O–H groups in total. The Bertz CT molecular complexity index is 1050. The number of benzene rings is 2. The van der Waals surface area contributed by atoms with Crippen LogP contribution in [0.15, 0.2) is 30.3 Å². The molecule has 2 heterocycles. The van der Waals surface area contributed by atoms with Crippen LogP contribution in [-0.2, 0) is 4.79 Å². The van der Waals surface area contributed by atoms with Gasteiger partial charge in [-0.3, -0.25) is 14.4 Å². The number of rotatable bonds is 1. The van der Waals surface area contributed by atoms with E-state index in [0.717, 1.165) is 18.2 Å². The van der Waals surface area contributed by atoms with Crippen molar-refractivity contribution in [3.05, 3.63) is 53.1 Å². The van der Waals surface area contributed by atoms with Gasteiger partial charge < -0.3 is 10.1 Å². The first-order chi connectivity index (χ1) is 12.4. The lowest BCUT2D eigenvalue weighted by Crippen LogP contribution is -2.39. The van der Waals surface area contributed by atoms with Gasteiger partial charge in [0.05, 0.1) is 22.5 Å². The van der Waals surface area contributed by atoms with E-state index in [1.54, 1.807) is 0 Å². The first-order valence-electron chi connectivity index (χ1n) is 7.92. The Morgan fingerprint density at radius 2 is 1.73 bits per heavy atom. The lowest BCUT2D eigenvalue weighted by atomic mass is 10.1. The van der Waals surface area contributed by atoms with E-state index in [1.807, 2.05) is 0 Å². The molecule has 6 nitrogen and oxygen atoms in total. The number of anilines is 2. The molecule has 3 aliphatic rings. The van der Waals surface area contributed by atoms with Crippen LogP contribution in [0.25, 0.3) is 0 Å². The highest BCUT2D eigenvalue weighted by Gasteiger charge is 2.55. The van der Waals surface area contributed by atoms with E-state index in [9.17, 15) is 23.2 Å². The number of nitrogens with zero attached hydrogens (tertiary/aromatic N) is 1. The number of carbonyl (C=O) groups is 3. The summed E-state index contributed by atoms with van der Waals surface area (Å²) in [4.78, 5) is 37.7. The summed E-state index contributed by atoms with van der Waals surface area (Å²) in [6.07, 6.45) is 1.09. The first-order valence-corrected chi connectivity index (χ1v) is 7.92. The zero-order valence-electron chi connectivity index (χ0n) is 13.1. The van der Waals surface area contributed by atoms with Gasteiger partial charge in [0.1, 0.15) is 11.6 Å². The third-order valence-electron chi connectivity index (χ3n) is 4.81. The van der Waals surface area contributed by atoms with Crippen molar-refractivity contribution in [1.82, 2.24) is 0 Å². The molecule has 0 unspecified atom stereocenters. The van der Waals surface area contributed by atoms with Gasteiger partial charge >= 0.3 is 0 Å². The number of hydrogen-bond acceptors (Lipinski definition) is 4. The number of nitrogens with one attached hydrogen (secondary N) is 1. The van der Waals surface area contributed by atoms with E-state index in [-0.39, 0.29) is 34.2 Å². The number of fused-ring (bicyclic) bond motifs is 2. The summed E-state index contributed by atoms with van der Waals surface area (Å²) in [5, 5.41) is 2.62. The third kappa shape index (κ3) is 1.86. The van der Waals surface area contributed by atoms with Crippen LogP contribution in [-0.4, -0.2) is 23.3 Å². The molecule has 1 saturated carbocycles. The first kappa shape index (κ1) is 15.0. The van der Waals surface area contributed by atoms with Crippen LogP contribution in [0, 0.1) is 11.6 Å². The third-order valence-corrected chi connectivity index (χ3v) is 4.81. The highest BCUT2D eigenvalue weighted by molar-refractivity contribution is 6.34. The Balaban J connectivity index is 1.60. The van der Waals surface area contributed by atoms with E-state index < -0.39 is 29.0 Å². The van der Waals surface area contributed by atoms with Crippen molar-refractivity contribution >= 4 is 29.1 Å². The van der Waals surface area contributed by atoms with Crippen LogP contribution >= 0.6 is 0 Å². The molecule has 5 rings (SSSR count). The number of amides is 3. The van der Waals surface area contributed by atoms with Crippen molar-refractivity contribution in [3.63, 3.8) is 0 Å². The largest absolute Gasteiger partial charge is 0.475 e. The molecule has 3 amide bonds. The van der Waals surface area contributed by atoms with Gasteiger partial charge in [0.15, 0.2) is 11.4 Å². The average molecular weight is 356 g/mol. The van der Waals surface area contributed by atoms with Crippen molar-refractivity contribution < 1.29 is 27.9 Å². The summed E-state index contributed by atoms with van der Waals surface area (Å²) >= 11 is 0. The lowest BCUT2D eigenvalue weighted by Gasteiger charge is -2.27. The second-order valence-corrected chi connectivity index (χ2v) is 6.49. The molecule has 2 aromatic rings. The molecule has 130 valence electrons. The normalized spacial score (nSPS) is 19.2. The molecule has 1 aliphatic carbocycles. The van der Waals surface area contributed by atoms with Gasteiger partial charge in [-0.05, 0) is 24.3 Å². The van der Waals surface area contributed by atoms with E-state index in [2.05, 4.69) is 5.32 Å². The van der Waals surface area contributed by atoms with Gasteiger partial charge in [0.2, 0.25) is 0 Å². The Morgan fingerprint density at radius 3 is 2.46 bits per heavy atom. The highest BCUT2D eigenvalue weighted by Crippen LogP contribution is 2.48. The molecule has 8 heteroatoms. The average Bonchev–Trinajstić information content (AvgIpc) is 3.33. The van der Waals surface area contributed by atoms with Gasteiger partial charge in [0, 0.05) is 18.9 Å². The smallest absolute Gasteiger partial charge is 0.268 e. The fourth-order valence-corrected chi connectivity index (χ4v) is 3.26. The summed E-state index contributed by atoms with van der Waals surface area (Å²) in [6, 6.07) is 5.39. The Hall–Kier alpha value is -3.29. The number of carbonyl (C=O) groups excluding carboxylic acids is 3. The van der Waals surface area contributed by atoms with E-state index in [4.69, 9.17) is 4.74 Å². The molecule has 0 atom stereocenters. The molecule has 26 heavy (non-hydrogen) atoms. The SMILES string of the molecule is O=C1c2ccc(F)cc2C(=O)N1c1cc2c(cc1F)OC1(CC1)C(=O)N2. The Morgan fingerprint density at radius 1 is 1.00 bits per heavy atom. The van der Waals surface area contributed by atoms with Crippen molar-refractivity contribution in [3.8, 4) is 5.75 Å². The monoisotopic (exact) mass is 356 g/mol. The summed E-state index contributed by atoms with van der Waals surface area (Å²) in [5.74, 6) is -3.31. The predicted octanol–water partition coefficient (Wildman–Crippen LogP) is 2.63. The lowest BCUT2D eigenvalue weighted by molar-refractivity contribution is -0.125. The summed E-state index contributed by atoms with van der Waals surface area (Å²) in [6.45, 7) is 0. The maximum Gasteiger partial charge on any atom is 0.268 e. The topological polar surface area (TPSA) is 75.7 Å². The fraction of sp³-hybridized carbons (Fsp3) is 0.167. The van der Waals surface area contributed by atoms with E-state index >= 15 is 0 Å². The molecule has 0 saturated heterocycles. The molecular formula is C18H10F2N2O4. The standard InChI is InChI=1S/C18H10F2N2O4/c19-8-1-2-9-10(5-8)16(24)22(15(9)23)13-7-12-14(6-11(13)20)26-18(3-4-18)17(25)21-12/h1-2,5-7H,3-4H2,(H,21,25). The minimum atomic E-state index is -0.937. The van der Waals surface area contributed by atoms with Crippen LogP contribution in [0.1, 0.15) is 33.6 Å². The molecule has 1 fully saturated rings. The van der Waals surface area contributed by atoms with Crippen molar-refractivity contribution in [1.29, 1.82) is 0 Å². The fourth-order valence-electron chi connectivity index (χ4n) is 3.26. The predicted molar refractivity (Wildman–Crippen MR) is 85.2 cm³/mol. The van der Waals surface area contributed by atoms with Gasteiger partial charge in [-0.2, -0.15) is 0 Å². The number of halogens is 2. The quantitative estimate of drug-likeness (QED) is 0.797. The van der Waals surface area contributed by atoms with E-state index in [1.165, 1.54) is 12.1 Å². The Labute approximate surface area is 145 Å². The number of ether oxygens (including phenoxy) is 1. The van der Waals surface area contributed by atoms with Crippen molar-refractivity contribution in [2.75, 3.05) is 10.2 Å². The van der Waals surface area contributed by atoms with Crippen molar-refractivity contribution in [2.24, 2.45) is 0 Å². The van der Waals surface area contributed by atoms with Crippen molar-refractivity contribution in [2.45, 2.75) is 18.4 Å². The molecule has 0 radical (unpaired) electrons. The summed E-state index contributed by atoms with van der Waals surface area (Å²) in [5.41, 5.74) is -1.23. The van der Waals surface area contributed by atoms with Gasteiger partial charge in [-0.1, -0.05) is 0 Å². The molecular weight excluding hydrogens is 346 g/mol. The zero-order valence-corrected chi connectivity index (χ0v) is 13.1. The maximum atomic E-state index is 14.6. The minimum Gasteiger partial charge on any atom is -0.475 e. The number of hydrogen-bond donors (Lipinski definition) is 1.